The minimum atomic E-state index is 0. The van der Waals surface area contributed by atoms with Gasteiger partial charge in [-0.15, -0.1) is 5.56 Å². The third kappa shape index (κ3) is 9.37. The molecule has 1 aliphatic carbocycles. The van der Waals surface area contributed by atoms with Crippen molar-refractivity contribution in [3.63, 3.8) is 0 Å². The summed E-state index contributed by atoms with van der Waals surface area (Å²) in [4.78, 5) is 0. The molecule has 0 unspecified atom stereocenters. The first-order valence-electron chi connectivity index (χ1n) is 10.8. The molecular formula is C28H36Cl2HfSi-2. The summed E-state index contributed by atoms with van der Waals surface area (Å²) in [5.41, 5.74) is 9.02. The third-order valence-corrected chi connectivity index (χ3v) is 5.08. The molecule has 3 aromatic carbocycles. The molecule has 0 fully saturated rings. The van der Waals surface area contributed by atoms with Crippen LogP contribution in [-0.2, 0) is 40.3 Å². The van der Waals surface area contributed by atoms with Crippen LogP contribution in [0.25, 0.3) is 11.1 Å². The van der Waals surface area contributed by atoms with Crippen molar-refractivity contribution in [2.75, 3.05) is 0 Å². The van der Waals surface area contributed by atoms with E-state index in [1.54, 1.807) is 0 Å². The zero-order chi connectivity index (χ0) is 22.5. The largest absolute Gasteiger partial charge is 1.00 e. The maximum atomic E-state index is 3.53. The number of hydrogen-bond donors (Lipinski definition) is 0. The van der Waals surface area contributed by atoms with Crippen LogP contribution >= 0.6 is 0 Å². The van der Waals surface area contributed by atoms with E-state index in [1.807, 2.05) is 30.3 Å². The van der Waals surface area contributed by atoms with Crippen LogP contribution in [0.1, 0.15) is 63.8 Å². The van der Waals surface area contributed by atoms with E-state index in [2.05, 4.69) is 91.0 Å². The molecule has 4 rings (SSSR count). The second kappa shape index (κ2) is 13.4. The van der Waals surface area contributed by atoms with Crippen LogP contribution in [0.4, 0.5) is 0 Å². The third-order valence-electron chi connectivity index (χ3n) is 5.08. The van der Waals surface area contributed by atoms with Crippen molar-refractivity contribution in [3.05, 3.63) is 89.0 Å². The quantitative estimate of drug-likeness (QED) is 0.202. The van der Waals surface area contributed by atoms with Gasteiger partial charge in [-0.25, -0.2) is 12.1 Å². The molecule has 0 N–H and O–H groups in total. The van der Waals surface area contributed by atoms with E-state index in [0.717, 1.165) is 6.42 Å². The predicted molar refractivity (Wildman–Crippen MR) is 130 cm³/mol. The van der Waals surface area contributed by atoms with E-state index >= 15 is 0 Å². The molecule has 0 heterocycles. The fraction of sp³-hybridized carbons (Fsp3) is 0.393. The summed E-state index contributed by atoms with van der Waals surface area (Å²) in [6.45, 7) is 18.3. The van der Waals surface area contributed by atoms with Gasteiger partial charge in [0.15, 0.2) is 0 Å². The molecule has 0 saturated heterocycles. The van der Waals surface area contributed by atoms with E-state index in [-0.39, 0.29) is 41.1 Å². The Morgan fingerprint density at radius 1 is 0.844 bits per heavy atom. The number of rotatable bonds is 0. The number of fused-ring (bicyclic) bond motifs is 3. The van der Waals surface area contributed by atoms with Crippen LogP contribution in [0.5, 0.6) is 0 Å². The van der Waals surface area contributed by atoms with Crippen molar-refractivity contribution in [2.45, 2.75) is 71.9 Å². The molecule has 4 heteroatoms. The molecule has 1 aliphatic rings. The summed E-state index contributed by atoms with van der Waals surface area (Å²) in [5.74, 6) is 0. The fourth-order valence-corrected chi connectivity index (χ4v) is 3.31. The maximum Gasteiger partial charge on any atom is -0.172 e. The van der Waals surface area contributed by atoms with Crippen LogP contribution in [0, 0.1) is 6.07 Å². The van der Waals surface area contributed by atoms with Gasteiger partial charge in [-0.05, 0) is 17.4 Å². The molecule has 0 bridgehead atoms. The summed E-state index contributed by atoms with van der Waals surface area (Å²) < 4.78 is 0. The van der Waals surface area contributed by atoms with Gasteiger partial charge in [0.05, 0.1) is 0 Å². The fourth-order valence-electron chi connectivity index (χ4n) is 3.31. The first-order valence-corrected chi connectivity index (χ1v) is 18.7. The van der Waals surface area contributed by atoms with E-state index in [9.17, 15) is 0 Å². The van der Waals surface area contributed by atoms with Crippen molar-refractivity contribution < 1.29 is 47.8 Å². The Labute approximate surface area is 223 Å². The molecule has 0 nitrogen and oxygen atoms in total. The second-order valence-electron chi connectivity index (χ2n) is 10.3. The summed E-state index contributed by atoms with van der Waals surface area (Å²) in [7, 11) is 0. The van der Waals surface area contributed by atoms with E-state index in [0.29, 0.717) is 0 Å². The molecule has 0 spiro atoms. The summed E-state index contributed by atoms with van der Waals surface area (Å²) in [6.07, 6.45) is 1.03. The summed E-state index contributed by atoms with van der Waals surface area (Å²) in [6, 6.07) is 25.1. The van der Waals surface area contributed by atoms with Crippen LogP contribution < -0.4 is 24.8 Å². The Morgan fingerprint density at radius 2 is 1.34 bits per heavy atom. The Kier molecular flexibility index (Phi) is 13.1. The van der Waals surface area contributed by atoms with E-state index in [1.165, 1.54) is 56.4 Å². The van der Waals surface area contributed by atoms with Gasteiger partial charge in [0.25, 0.3) is 0 Å². The number of hydrogen-bond acceptors (Lipinski definition) is 0. The van der Waals surface area contributed by atoms with Gasteiger partial charge in [0.1, 0.15) is 0 Å². The molecular weight excluding hydrogens is 614 g/mol. The van der Waals surface area contributed by atoms with Crippen molar-refractivity contribution in [1.82, 2.24) is 0 Å². The maximum absolute atomic E-state index is 3.53. The topological polar surface area (TPSA) is 0 Å². The molecule has 0 aliphatic heterocycles. The van der Waals surface area contributed by atoms with Gasteiger partial charge >= 0.3 is 41.6 Å². The van der Waals surface area contributed by atoms with Gasteiger partial charge in [0.2, 0.25) is 0 Å². The number of halogens is 2. The first-order chi connectivity index (χ1) is 13.9. The molecule has 32 heavy (non-hydrogen) atoms. The van der Waals surface area contributed by atoms with Crippen LogP contribution in [-0.4, -0.2) is 5.49 Å². The van der Waals surface area contributed by atoms with Crippen molar-refractivity contribution >= 4 is 5.49 Å². The van der Waals surface area contributed by atoms with Gasteiger partial charge in [-0.2, -0.15) is 47.5 Å². The van der Waals surface area contributed by atoms with Crippen molar-refractivity contribution in [1.29, 1.82) is 0 Å². The molecule has 3 aromatic rings. The standard InChI is InChI=1S/C21H25.C5H5.C2H6Si.2ClH.Hf/c1-20(2,3)16-9-7-14-11-15-8-10-17(21(4,5)6)13-19(15)18(14)12-16;1-2-4-5-3-1;1-3-2;;;/h7,9-10,12-13H,11H2,1-6H3;1-5H;1-2H3;2*1H;/q2*-1;;;;+2/p-2. The van der Waals surface area contributed by atoms with Gasteiger partial charge in [-0.1, -0.05) is 76.3 Å². The summed E-state index contributed by atoms with van der Waals surface area (Å²) in [5, 5.41) is 0. The molecule has 0 aromatic heterocycles. The molecule has 0 amide bonds. The van der Waals surface area contributed by atoms with Crippen LogP contribution in [0.15, 0.2) is 60.7 Å². The van der Waals surface area contributed by atoms with Crippen molar-refractivity contribution in [2.24, 2.45) is 0 Å². The van der Waals surface area contributed by atoms with E-state index in [4.69, 9.17) is 0 Å². The van der Waals surface area contributed by atoms with Crippen LogP contribution in [0.3, 0.4) is 0 Å². The van der Waals surface area contributed by atoms with Crippen molar-refractivity contribution in [3.8, 4) is 11.1 Å². The van der Waals surface area contributed by atoms with Gasteiger partial charge in [0, 0.05) is 0 Å². The Bertz CT molecular complexity index is 895. The van der Waals surface area contributed by atoms with Gasteiger partial charge < -0.3 is 24.8 Å². The van der Waals surface area contributed by atoms with Gasteiger partial charge in [-0.3, -0.25) is 0 Å². The average molecular weight is 650 g/mol. The first kappa shape index (κ1) is 31.5. The van der Waals surface area contributed by atoms with Crippen LogP contribution in [0.2, 0.25) is 13.1 Å². The minimum Gasteiger partial charge on any atom is -1.00 e. The number of benzene rings is 2. The molecule has 0 saturated carbocycles. The monoisotopic (exact) mass is 650 g/mol. The summed E-state index contributed by atoms with van der Waals surface area (Å²) >= 11 is 1.45. The molecule has 0 atom stereocenters. The average Bonchev–Trinajstić information content (AvgIpc) is 3.30. The molecule has 0 radical (unpaired) electrons. The normalized spacial score (nSPS) is 11.3. The zero-order valence-corrected chi connectivity index (χ0v) is 26.8. The smallest absolute Gasteiger partial charge is 0.172 e. The second-order valence-corrected chi connectivity index (χ2v) is 23.1. The zero-order valence-electron chi connectivity index (χ0n) is 20.7. The molecule has 172 valence electrons. The van der Waals surface area contributed by atoms with E-state index < -0.39 is 0 Å². The predicted octanol–water partition coefficient (Wildman–Crippen LogP) is 1.85. The Morgan fingerprint density at radius 3 is 1.78 bits per heavy atom. The Hall–Kier alpha value is -0.543. The minimum absolute atomic E-state index is 0. The Balaban J connectivity index is 0.000000739. The SMILES string of the molecule is CC(C)(C)c1c[c-]c2c(c1)-c1cc(C(C)(C)C)ccc1C2.C[Si](C)=[Hf+2].[Cl-].[Cl-].c1cc[cH-]c1.